The quantitative estimate of drug-likeness (QED) is 0.402. The maximum atomic E-state index is 13.3. The fraction of sp³-hybridized carbons (Fsp3) is 0.556. The Balaban J connectivity index is 0.00000312. The molecule has 1 aromatic rings. The second-order valence-corrected chi connectivity index (χ2v) is 6.10. The summed E-state index contributed by atoms with van der Waals surface area (Å²) in [5.74, 6) is 0.734. The van der Waals surface area contributed by atoms with Crippen molar-refractivity contribution < 1.29 is 9.18 Å². The molecule has 2 N–H and O–H groups in total. The zero-order valence-electron chi connectivity index (χ0n) is 15.1. The third kappa shape index (κ3) is 6.45. The molecule has 2 rings (SSSR count). The van der Waals surface area contributed by atoms with Crippen molar-refractivity contribution in [2.24, 2.45) is 4.99 Å². The van der Waals surface area contributed by atoms with Gasteiger partial charge in [0.2, 0.25) is 5.91 Å². The fourth-order valence-electron chi connectivity index (χ4n) is 2.82. The Hall–Kier alpha value is -1.38. The molecular formula is C18H28FIN4O. The van der Waals surface area contributed by atoms with Gasteiger partial charge in [-0.25, -0.2) is 9.38 Å². The van der Waals surface area contributed by atoms with Crippen LogP contribution in [-0.4, -0.2) is 42.4 Å². The number of amides is 1. The molecule has 140 valence electrons. The van der Waals surface area contributed by atoms with Crippen LogP contribution in [0.3, 0.4) is 0 Å². The Labute approximate surface area is 166 Å². The normalized spacial score (nSPS) is 17.2. The lowest BCUT2D eigenvalue weighted by Crippen LogP contribution is -2.45. The summed E-state index contributed by atoms with van der Waals surface area (Å²) in [4.78, 5) is 18.2. The molecule has 1 fully saturated rings. The van der Waals surface area contributed by atoms with Crippen molar-refractivity contribution in [3.8, 4) is 0 Å². The van der Waals surface area contributed by atoms with E-state index in [1.807, 2.05) is 24.8 Å². The number of rotatable bonds is 5. The number of carbonyl (C=O) groups is 1. The highest BCUT2D eigenvalue weighted by Crippen LogP contribution is 2.12. The largest absolute Gasteiger partial charge is 0.357 e. The molecule has 1 aliphatic rings. The van der Waals surface area contributed by atoms with Crippen LogP contribution in [0.2, 0.25) is 0 Å². The van der Waals surface area contributed by atoms with Gasteiger partial charge in [-0.1, -0.05) is 19.1 Å². The zero-order valence-corrected chi connectivity index (χ0v) is 17.5. The molecule has 1 amide bonds. The van der Waals surface area contributed by atoms with Crippen LogP contribution in [0.5, 0.6) is 0 Å². The van der Waals surface area contributed by atoms with Gasteiger partial charge in [-0.05, 0) is 37.5 Å². The first kappa shape index (κ1) is 21.7. The van der Waals surface area contributed by atoms with Crippen LogP contribution in [0, 0.1) is 12.7 Å². The van der Waals surface area contributed by atoms with Crippen LogP contribution in [0.25, 0.3) is 0 Å². The number of benzene rings is 1. The van der Waals surface area contributed by atoms with E-state index in [0.717, 1.165) is 31.0 Å². The summed E-state index contributed by atoms with van der Waals surface area (Å²) in [7, 11) is 0. The van der Waals surface area contributed by atoms with Gasteiger partial charge in [-0.2, -0.15) is 0 Å². The average Bonchev–Trinajstić information content (AvgIpc) is 3.03. The summed E-state index contributed by atoms with van der Waals surface area (Å²) in [6.45, 7) is 8.41. The highest BCUT2D eigenvalue weighted by Gasteiger charge is 2.25. The van der Waals surface area contributed by atoms with Gasteiger partial charge in [0.25, 0.3) is 0 Å². The van der Waals surface area contributed by atoms with Gasteiger partial charge in [-0.3, -0.25) is 4.79 Å². The Morgan fingerprint density at radius 3 is 2.80 bits per heavy atom. The van der Waals surface area contributed by atoms with Crippen LogP contribution in [0.4, 0.5) is 4.39 Å². The Morgan fingerprint density at radius 2 is 2.16 bits per heavy atom. The maximum Gasteiger partial charge on any atom is 0.222 e. The molecule has 1 heterocycles. The first-order valence-corrected chi connectivity index (χ1v) is 8.61. The number of halogens is 2. The molecule has 0 spiro atoms. The first-order chi connectivity index (χ1) is 11.5. The predicted molar refractivity (Wildman–Crippen MR) is 110 cm³/mol. The van der Waals surface area contributed by atoms with E-state index < -0.39 is 0 Å². The van der Waals surface area contributed by atoms with Crippen molar-refractivity contribution >= 4 is 35.8 Å². The number of carbonyl (C=O) groups excluding carboxylic acids is 1. The number of nitrogens with one attached hydrogen (secondary N) is 2. The van der Waals surface area contributed by atoms with Crippen LogP contribution < -0.4 is 10.6 Å². The average molecular weight is 462 g/mol. The van der Waals surface area contributed by atoms with Gasteiger partial charge in [0.05, 0.1) is 6.54 Å². The number of likely N-dealkylation sites (tertiary alicyclic amines) is 1. The molecule has 1 aromatic carbocycles. The predicted octanol–water partition coefficient (Wildman–Crippen LogP) is 2.82. The van der Waals surface area contributed by atoms with E-state index in [0.29, 0.717) is 25.1 Å². The van der Waals surface area contributed by atoms with Gasteiger partial charge >= 0.3 is 0 Å². The molecule has 7 heteroatoms. The van der Waals surface area contributed by atoms with Gasteiger partial charge in [0.1, 0.15) is 5.82 Å². The Bertz CT molecular complexity index is 609. The zero-order chi connectivity index (χ0) is 17.5. The van der Waals surface area contributed by atoms with Crippen molar-refractivity contribution in [1.29, 1.82) is 0 Å². The summed E-state index contributed by atoms with van der Waals surface area (Å²) in [5, 5.41) is 6.62. The van der Waals surface area contributed by atoms with E-state index in [4.69, 9.17) is 0 Å². The van der Waals surface area contributed by atoms with Crippen molar-refractivity contribution in [2.45, 2.75) is 46.2 Å². The molecule has 25 heavy (non-hydrogen) atoms. The van der Waals surface area contributed by atoms with Gasteiger partial charge in [-0.15, -0.1) is 24.0 Å². The second-order valence-electron chi connectivity index (χ2n) is 6.10. The van der Waals surface area contributed by atoms with Gasteiger partial charge in [0, 0.05) is 32.1 Å². The molecule has 1 atom stereocenters. The minimum Gasteiger partial charge on any atom is -0.357 e. The summed E-state index contributed by atoms with van der Waals surface area (Å²) >= 11 is 0. The highest BCUT2D eigenvalue weighted by molar-refractivity contribution is 14.0. The van der Waals surface area contributed by atoms with Crippen molar-refractivity contribution in [2.75, 3.05) is 19.6 Å². The molecule has 1 unspecified atom stereocenters. The van der Waals surface area contributed by atoms with Gasteiger partial charge in [0.15, 0.2) is 5.96 Å². The number of hydrogen-bond acceptors (Lipinski definition) is 2. The second kappa shape index (κ2) is 10.6. The van der Waals surface area contributed by atoms with E-state index in [-0.39, 0.29) is 41.7 Å². The van der Waals surface area contributed by atoms with Crippen LogP contribution in [-0.2, 0) is 11.3 Å². The third-order valence-electron chi connectivity index (χ3n) is 4.17. The lowest BCUT2D eigenvalue weighted by Gasteiger charge is -2.18. The molecule has 5 nitrogen and oxygen atoms in total. The topological polar surface area (TPSA) is 56.7 Å². The van der Waals surface area contributed by atoms with Gasteiger partial charge < -0.3 is 15.5 Å². The van der Waals surface area contributed by atoms with Crippen molar-refractivity contribution in [1.82, 2.24) is 15.5 Å². The molecular weight excluding hydrogens is 434 g/mol. The third-order valence-corrected chi connectivity index (χ3v) is 4.17. The van der Waals surface area contributed by atoms with E-state index in [1.165, 1.54) is 6.07 Å². The molecule has 1 aliphatic heterocycles. The minimum atomic E-state index is -0.195. The summed E-state index contributed by atoms with van der Waals surface area (Å²) in [6.07, 6.45) is 1.47. The number of aliphatic imine (C=N–C) groups is 1. The van der Waals surface area contributed by atoms with Crippen molar-refractivity contribution in [3.63, 3.8) is 0 Å². The molecule has 0 aliphatic carbocycles. The summed E-state index contributed by atoms with van der Waals surface area (Å²) in [6, 6.07) is 5.27. The van der Waals surface area contributed by atoms with Crippen LogP contribution >= 0.6 is 24.0 Å². The van der Waals surface area contributed by atoms with Crippen molar-refractivity contribution in [3.05, 3.63) is 35.1 Å². The monoisotopic (exact) mass is 462 g/mol. The maximum absolute atomic E-state index is 13.3. The molecule has 0 saturated carbocycles. The Kier molecular flexibility index (Phi) is 9.16. The number of aryl methyl sites for hydroxylation is 1. The van der Waals surface area contributed by atoms with Crippen LogP contribution in [0.1, 0.15) is 37.8 Å². The molecule has 0 aromatic heterocycles. The smallest absolute Gasteiger partial charge is 0.222 e. The molecule has 0 bridgehead atoms. The molecule has 0 radical (unpaired) electrons. The SMILES string of the molecule is CCNC(=NCc1ccc(F)c(C)c1)NC1CCN(C(=O)CC)C1.I. The first-order valence-electron chi connectivity index (χ1n) is 8.61. The van der Waals surface area contributed by atoms with E-state index >= 15 is 0 Å². The van der Waals surface area contributed by atoms with Crippen LogP contribution in [0.15, 0.2) is 23.2 Å². The molecule has 1 saturated heterocycles. The standard InChI is InChI=1S/C18H27FN4O.HI/c1-4-17(24)23-9-8-15(12-23)22-18(20-5-2)21-11-14-6-7-16(19)13(3)10-14;/h6-7,10,15H,4-5,8-9,11-12H2,1-3H3,(H2,20,21,22);1H. The fourth-order valence-corrected chi connectivity index (χ4v) is 2.82. The van der Waals surface area contributed by atoms with E-state index in [1.54, 1.807) is 13.0 Å². The minimum absolute atomic E-state index is 0. The van der Waals surface area contributed by atoms with E-state index in [2.05, 4.69) is 15.6 Å². The number of nitrogens with zero attached hydrogens (tertiary/aromatic N) is 2. The van der Waals surface area contributed by atoms with E-state index in [9.17, 15) is 9.18 Å². The lowest BCUT2D eigenvalue weighted by molar-refractivity contribution is -0.129. The highest BCUT2D eigenvalue weighted by atomic mass is 127. The summed E-state index contributed by atoms with van der Waals surface area (Å²) in [5.41, 5.74) is 1.60. The lowest BCUT2D eigenvalue weighted by atomic mass is 10.1. The Morgan fingerprint density at radius 1 is 1.40 bits per heavy atom. The summed E-state index contributed by atoms with van der Waals surface area (Å²) < 4.78 is 13.3. The number of guanidine groups is 1. The number of hydrogen-bond donors (Lipinski definition) is 2.